The van der Waals surface area contributed by atoms with E-state index in [9.17, 15) is 4.79 Å². The first kappa shape index (κ1) is 17.7. The number of methoxy groups -OCH3 is 1. The third kappa shape index (κ3) is 5.55. The van der Waals surface area contributed by atoms with Crippen LogP contribution in [0.25, 0.3) is 0 Å². The zero-order chi connectivity index (χ0) is 12.7. The van der Waals surface area contributed by atoms with E-state index in [4.69, 9.17) is 10.5 Å². The summed E-state index contributed by atoms with van der Waals surface area (Å²) in [5.74, 6) is 0.0115. The van der Waals surface area contributed by atoms with Gasteiger partial charge in [-0.05, 0) is 12.8 Å². The summed E-state index contributed by atoms with van der Waals surface area (Å²) in [6.45, 7) is 0.301. The molecule has 0 aromatic rings. The lowest BCUT2D eigenvalue weighted by atomic mass is 9.95. The van der Waals surface area contributed by atoms with Gasteiger partial charge in [-0.2, -0.15) is 0 Å². The van der Waals surface area contributed by atoms with Gasteiger partial charge in [0.1, 0.15) is 6.04 Å². The number of hydrogen-bond acceptors (Lipinski definition) is 3. The first-order valence-electron chi connectivity index (χ1n) is 6.68. The highest BCUT2D eigenvalue weighted by molar-refractivity contribution is 5.85. The first-order valence-corrected chi connectivity index (χ1v) is 6.68. The Bertz CT molecular complexity index is 231. The number of ether oxygens (including phenoxy) is 1. The molecule has 1 aliphatic rings. The fourth-order valence-corrected chi connectivity index (χ4v) is 2.51. The van der Waals surface area contributed by atoms with Gasteiger partial charge in [-0.15, -0.1) is 12.4 Å². The molecule has 0 aromatic carbocycles. The fourth-order valence-electron chi connectivity index (χ4n) is 2.51. The molecule has 108 valence electrons. The summed E-state index contributed by atoms with van der Waals surface area (Å²) in [5, 5.41) is 0. The van der Waals surface area contributed by atoms with E-state index in [0.29, 0.717) is 12.6 Å². The molecular weight excluding hydrogens is 252 g/mol. The van der Waals surface area contributed by atoms with Crippen LogP contribution in [0.5, 0.6) is 0 Å². The predicted octanol–water partition coefficient (Wildman–Crippen LogP) is 1.95. The Balaban J connectivity index is 0.00000289. The minimum absolute atomic E-state index is 0. The standard InChI is InChI=1S/C13H26N2O2.ClH/c1-15(13(16)12(14)10-17-2)11-8-6-4-3-5-7-9-11;/h11-12H,3-10,14H2,1-2H3;1H. The lowest BCUT2D eigenvalue weighted by molar-refractivity contribution is -0.134. The minimum Gasteiger partial charge on any atom is -0.383 e. The van der Waals surface area contributed by atoms with Gasteiger partial charge in [-0.3, -0.25) is 4.79 Å². The largest absolute Gasteiger partial charge is 0.383 e. The van der Waals surface area contributed by atoms with E-state index < -0.39 is 6.04 Å². The molecule has 0 spiro atoms. The van der Waals surface area contributed by atoms with E-state index in [1.807, 2.05) is 11.9 Å². The van der Waals surface area contributed by atoms with Crippen LogP contribution in [0.4, 0.5) is 0 Å². The maximum absolute atomic E-state index is 12.1. The fraction of sp³-hybridized carbons (Fsp3) is 0.923. The van der Waals surface area contributed by atoms with E-state index in [0.717, 1.165) is 12.8 Å². The molecule has 0 radical (unpaired) electrons. The van der Waals surface area contributed by atoms with Crippen molar-refractivity contribution in [3.63, 3.8) is 0 Å². The van der Waals surface area contributed by atoms with Crippen molar-refractivity contribution in [3.8, 4) is 0 Å². The summed E-state index contributed by atoms with van der Waals surface area (Å²) in [4.78, 5) is 13.9. The van der Waals surface area contributed by atoms with Crippen LogP contribution in [0.1, 0.15) is 44.9 Å². The zero-order valence-electron chi connectivity index (χ0n) is 11.6. The molecule has 0 bridgehead atoms. The Morgan fingerprint density at radius 2 is 1.78 bits per heavy atom. The van der Waals surface area contributed by atoms with Crippen LogP contribution in [-0.4, -0.2) is 43.7 Å². The summed E-state index contributed by atoms with van der Waals surface area (Å²) < 4.78 is 4.93. The van der Waals surface area contributed by atoms with E-state index in [1.54, 1.807) is 7.11 Å². The molecular formula is C13H27ClN2O2. The van der Waals surface area contributed by atoms with Gasteiger partial charge in [0.05, 0.1) is 6.61 Å². The Morgan fingerprint density at radius 1 is 1.28 bits per heavy atom. The zero-order valence-corrected chi connectivity index (χ0v) is 12.4. The van der Waals surface area contributed by atoms with E-state index in [-0.39, 0.29) is 18.3 Å². The number of nitrogens with two attached hydrogens (primary N) is 1. The molecule has 4 nitrogen and oxygen atoms in total. The van der Waals surface area contributed by atoms with Gasteiger partial charge in [-0.25, -0.2) is 0 Å². The number of halogens is 1. The number of likely N-dealkylation sites (N-methyl/N-ethyl adjacent to an activating group) is 1. The molecule has 1 unspecified atom stereocenters. The predicted molar refractivity (Wildman–Crippen MR) is 76.0 cm³/mol. The molecule has 0 aliphatic heterocycles. The van der Waals surface area contributed by atoms with Gasteiger partial charge in [0.2, 0.25) is 5.91 Å². The maximum Gasteiger partial charge on any atom is 0.241 e. The highest BCUT2D eigenvalue weighted by Gasteiger charge is 2.24. The number of carbonyl (C=O) groups excluding carboxylic acids is 1. The molecule has 0 heterocycles. The van der Waals surface area contributed by atoms with Crippen LogP contribution in [-0.2, 0) is 9.53 Å². The molecule has 1 atom stereocenters. The van der Waals surface area contributed by atoms with Crippen molar-refractivity contribution in [2.75, 3.05) is 20.8 Å². The molecule has 1 saturated carbocycles. The highest BCUT2D eigenvalue weighted by Crippen LogP contribution is 2.20. The molecule has 5 heteroatoms. The lowest BCUT2D eigenvalue weighted by Gasteiger charge is -2.31. The maximum atomic E-state index is 12.1. The van der Waals surface area contributed by atoms with Gasteiger partial charge < -0.3 is 15.4 Å². The van der Waals surface area contributed by atoms with E-state index in [2.05, 4.69) is 0 Å². The van der Waals surface area contributed by atoms with Crippen molar-refractivity contribution >= 4 is 18.3 Å². The van der Waals surface area contributed by atoms with Gasteiger partial charge in [0.25, 0.3) is 0 Å². The van der Waals surface area contributed by atoms with Crippen LogP contribution in [0, 0.1) is 0 Å². The van der Waals surface area contributed by atoms with Gasteiger partial charge in [0.15, 0.2) is 0 Å². The van der Waals surface area contributed by atoms with Crippen molar-refractivity contribution in [3.05, 3.63) is 0 Å². The Labute approximate surface area is 117 Å². The summed E-state index contributed by atoms with van der Waals surface area (Å²) in [5.41, 5.74) is 5.79. The number of rotatable bonds is 4. The van der Waals surface area contributed by atoms with Gasteiger partial charge in [0, 0.05) is 20.2 Å². The van der Waals surface area contributed by atoms with E-state index in [1.165, 1.54) is 32.1 Å². The first-order chi connectivity index (χ1) is 8.16. The number of nitrogens with zero attached hydrogens (tertiary/aromatic N) is 1. The lowest BCUT2D eigenvalue weighted by Crippen LogP contribution is -2.48. The van der Waals surface area contributed by atoms with Crippen molar-refractivity contribution in [1.29, 1.82) is 0 Å². The molecule has 1 amide bonds. The number of carbonyl (C=O) groups is 1. The van der Waals surface area contributed by atoms with Gasteiger partial charge >= 0.3 is 0 Å². The summed E-state index contributed by atoms with van der Waals surface area (Å²) >= 11 is 0. The molecule has 1 aliphatic carbocycles. The quantitative estimate of drug-likeness (QED) is 0.855. The van der Waals surface area contributed by atoms with Crippen molar-refractivity contribution in [2.45, 2.75) is 57.0 Å². The molecule has 2 N–H and O–H groups in total. The Hall–Kier alpha value is -0.320. The number of amides is 1. The van der Waals surface area contributed by atoms with Crippen LogP contribution in [0.2, 0.25) is 0 Å². The van der Waals surface area contributed by atoms with Crippen LogP contribution in [0.3, 0.4) is 0 Å². The summed E-state index contributed by atoms with van der Waals surface area (Å²) in [6, 6.07) is -0.152. The highest BCUT2D eigenvalue weighted by atomic mass is 35.5. The summed E-state index contributed by atoms with van der Waals surface area (Å²) in [7, 11) is 3.45. The molecule has 1 rings (SSSR count). The van der Waals surface area contributed by atoms with Crippen LogP contribution >= 0.6 is 12.4 Å². The van der Waals surface area contributed by atoms with Crippen molar-refractivity contribution in [1.82, 2.24) is 4.90 Å². The molecule has 0 saturated heterocycles. The second-order valence-electron chi connectivity index (χ2n) is 5.01. The molecule has 1 fully saturated rings. The van der Waals surface area contributed by atoms with E-state index >= 15 is 0 Å². The third-order valence-corrected chi connectivity index (χ3v) is 3.63. The van der Waals surface area contributed by atoms with Gasteiger partial charge in [-0.1, -0.05) is 32.1 Å². The Morgan fingerprint density at radius 3 is 2.28 bits per heavy atom. The second-order valence-corrected chi connectivity index (χ2v) is 5.01. The minimum atomic E-state index is -0.518. The van der Waals surface area contributed by atoms with Crippen LogP contribution < -0.4 is 5.73 Å². The SMILES string of the molecule is COCC(N)C(=O)N(C)C1CCCCCCC1.Cl. The average Bonchev–Trinajstić information content (AvgIpc) is 2.27. The van der Waals surface area contributed by atoms with Crippen molar-refractivity contribution in [2.24, 2.45) is 5.73 Å². The third-order valence-electron chi connectivity index (χ3n) is 3.63. The topological polar surface area (TPSA) is 55.6 Å². The molecule has 0 aromatic heterocycles. The average molecular weight is 279 g/mol. The molecule has 18 heavy (non-hydrogen) atoms. The van der Waals surface area contributed by atoms with Crippen LogP contribution in [0.15, 0.2) is 0 Å². The second kappa shape index (κ2) is 9.59. The Kier molecular flexibility index (Phi) is 9.42. The summed E-state index contributed by atoms with van der Waals surface area (Å²) in [6.07, 6.45) is 8.60. The van der Waals surface area contributed by atoms with Crippen molar-refractivity contribution < 1.29 is 9.53 Å². The smallest absolute Gasteiger partial charge is 0.241 e. The number of hydrogen-bond donors (Lipinski definition) is 1. The normalized spacial score (nSPS) is 19.3. The monoisotopic (exact) mass is 278 g/mol.